The number of amides is 1. The van der Waals surface area contributed by atoms with Crippen LogP contribution in [0.3, 0.4) is 0 Å². The fourth-order valence-corrected chi connectivity index (χ4v) is 4.01. The number of methoxy groups -OCH3 is 2. The van der Waals surface area contributed by atoms with Crippen LogP contribution in [0.2, 0.25) is 0 Å². The van der Waals surface area contributed by atoms with E-state index in [9.17, 15) is 4.79 Å². The van der Waals surface area contributed by atoms with Crippen LogP contribution in [0.15, 0.2) is 52.1 Å². The zero-order chi connectivity index (χ0) is 21.6. The van der Waals surface area contributed by atoms with Crippen LogP contribution in [0, 0.1) is 0 Å². The van der Waals surface area contributed by atoms with E-state index >= 15 is 0 Å². The molecule has 4 rings (SSSR count). The summed E-state index contributed by atoms with van der Waals surface area (Å²) in [6.45, 7) is 0.277. The Morgan fingerprint density at radius 2 is 1.87 bits per heavy atom. The number of benzene rings is 2. The lowest BCUT2D eigenvalue weighted by molar-refractivity contribution is -0.113. The van der Waals surface area contributed by atoms with Crippen LogP contribution in [0.5, 0.6) is 17.6 Å². The van der Waals surface area contributed by atoms with Crippen molar-refractivity contribution in [2.75, 3.05) is 25.3 Å². The number of fused-ring (bicyclic) bond motifs is 1. The van der Waals surface area contributed by atoms with Gasteiger partial charge in [-0.15, -0.1) is 0 Å². The Morgan fingerprint density at radius 3 is 2.65 bits per heavy atom. The summed E-state index contributed by atoms with van der Waals surface area (Å²) in [5, 5.41) is 11.3. The van der Waals surface area contributed by atoms with Crippen molar-refractivity contribution in [2.45, 2.75) is 11.8 Å². The van der Waals surface area contributed by atoms with Gasteiger partial charge in [-0.2, -0.15) is 0 Å². The molecule has 0 aliphatic rings. The summed E-state index contributed by atoms with van der Waals surface area (Å²) < 4.78 is 22.1. The lowest BCUT2D eigenvalue weighted by Crippen LogP contribution is -2.13. The molecule has 11 heteroatoms. The van der Waals surface area contributed by atoms with E-state index in [1.807, 2.05) is 42.5 Å². The molecule has 0 aliphatic heterocycles. The molecule has 0 saturated heterocycles. The Hall–Kier alpha value is -3.31. The number of aromatic nitrogens is 3. The predicted molar refractivity (Wildman–Crippen MR) is 117 cm³/mol. The molecule has 2 aromatic heterocycles. The summed E-state index contributed by atoms with van der Waals surface area (Å²) in [7, 11) is 3.22. The topological polar surface area (TPSA) is 109 Å². The van der Waals surface area contributed by atoms with Crippen molar-refractivity contribution in [1.82, 2.24) is 15.2 Å². The quantitative estimate of drug-likeness (QED) is 0.372. The van der Waals surface area contributed by atoms with Gasteiger partial charge in [0.2, 0.25) is 5.91 Å². The molecule has 2 aromatic carbocycles. The number of rotatable bonds is 9. The summed E-state index contributed by atoms with van der Waals surface area (Å²) in [5.74, 6) is 1.38. The maximum atomic E-state index is 12.2. The van der Waals surface area contributed by atoms with E-state index in [1.165, 1.54) is 11.3 Å². The largest absolute Gasteiger partial charge is 0.497 e. The first-order chi connectivity index (χ1) is 15.1. The summed E-state index contributed by atoms with van der Waals surface area (Å²) >= 11 is 2.49. The van der Waals surface area contributed by atoms with Gasteiger partial charge in [0.1, 0.15) is 18.1 Å². The summed E-state index contributed by atoms with van der Waals surface area (Å²) in [6, 6.07) is 13.0. The van der Waals surface area contributed by atoms with Gasteiger partial charge in [-0.1, -0.05) is 45.4 Å². The van der Waals surface area contributed by atoms with Gasteiger partial charge in [-0.25, -0.2) is 4.98 Å². The lowest BCUT2D eigenvalue weighted by atomic mass is 10.2. The first-order valence-corrected chi connectivity index (χ1v) is 10.9. The molecule has 0 radical (unpaired) electrons. The highest BCUT2D eigenvalue weighted by Gasteiger charge is 2.13. The number of hydrogen-bond donors (Lipinski definition) is 1. The van der Waals surface area contributed by atoms with Crippen LogP contribution in [-0.2, 0) is 11.4 Å². The number of nitrogens with one attached hydrogen (secondary N) is 1. The molecule has 160 valence electrons. The van der Waals surface area contributed by atoms with Crippen LogP contribution in [0.25, 0.3) is 10.2 Å². The lowest BCUT2D eigenvalue weighted by Gasteiger charge is -2.03. The molecule has 0 saturated carbocycles. The summed E-state index contributed by atoms with van der Waals surface area (Å²) in [4.78, 5) is 16.6. The van der Waals surface area contributed by atoms with E-state index in [0.717, 1.165) is 39.0 Å². The van der Waals surface area contributed by atoms with E-state index in [1.54, 1.807) is 14.2 Å². The standard InChI is InChI=1S/C20H18N4O5S2/c1-26-13-5-3-12(4-6-13)10-28-19-23-24-20(29-19)30-11-17(25)22-18-21-15-8-7-14(27-2)9-16(15)31-18/h3-9H,10-11H2,1-2H3,(H,21,22,25). The van der Waals surface area contributed by atoms with Crippen molar-refractivity contribution in [3.05, 3.63) is 48.0 Å². The number of thioether (sulfide) groups is 1. The normalized spacial score (nSPS) is 10.8. The number of hydrogen-bond acceptors (Lipinski definition) is 10. The van der Waals surface area contributed by atoms with Crippen LogP contribution in [-0.4, -0.2) is 41.1 Å². The van der Waals surface area contributed by atoms with Gasteiger partial charge in [-0.3, -0.25) is 4.79 Å². The maximum absolute atomic E-state index is 12.2. The van der Waals surface area contributed by atoms with Crippen molar-refractivity contribution >= 4 is 44.4 Å². The van der Waals surface area contributed by atoms with Gasteiger partial charge in [0.25, 0.3) is 5.22 Å². The van der Waals surface area contributed by atoms with Gasteiger partial charge in [-0.05, 0) is 35.9 Å². The molecule has 0 bridgehead atoms. The van der Waals surface area contributed by atoms with Gasteiger partial charge in [0.15, 0.2) is 5.13 Å². The third-order valence-electron chi connectivity index (χ3n) is 4.08. The Kier molecular flexibility index (Phi) is 6.53. The number of nitrogens with zero attached hydrogens (tertiary/aromatic N) is 3. The molecular formula is C20H18N4O5S2. The second-order valence-corrected chi connectivity index (χ2v) is 8.12. The third kappa shape index (κ3) is 5.44. The molecule has 0 spiro atoms. The molecule has 0 aliphatic carbocycles. The van der Waals surface area contributed by atoms with E-state index in [4.69, 9.17) is 18.6 Å². The van der Waals surface area contributed by atoms with E-state index in [0.29, 0.717) is 5.13 Å². The van der Waals surface area contributed by atoms with Crippen molar-refractivity contribution in [3.63, 3.8) is 0 Å². The average molecular weight is 459 g/mol. The van der Waals surface area contributed by atoms with Crippen LogP contribution >= 0.6 is 23.1 Å². The Labute approximate surface area is 185 Å². The molecule has 0 unspecified atom stereocenters. The number of carbonyl (C=O) groups is 1. The SMILES string of the molecule is COc1ccc(COc2nnc(SCC(=O)Nc3nc4ccc(OC)cc4s3)o2)cc1. The highest BCUT2D eigenvalue weighted by molar-refractivity contribution is 7.99. The summed E-state index contributed by atoms with van der Waals surface area (Å²) in [5.41, 5.74) is 1.73. The number of anilines is 1. The molecule has 1 amide bonds. The fourth-order valence-electron chi connectivity index (χ4n) is 2.55. The fraction of sp³-hybridized carbons (Fsp3) is 0.200. The molecule has 9 nitrogen and oxygen atoms in total. The van der Waals surface area contributed by atoms with Gasteiger partial charge in [0.05, 0.1) is 30.2 Å². The minimum Gasteiger partial charge on any atom is -0.497 e. The number of carbonyl (C=O) groups excluding carboxylic acids is 1. The number of thiazole rings is 1. The molecule has 4 aromatic rings. The zero-order valence-electron chi connectivity index (χ0n) is 16.7. The third-order valence-corrected chi connectivity index (χ3v) is 5.83. The average Bonchev–Trinajstić information content (AvgIpc) is 3.42. The molecule has 0 atom stereocenters. The van der Waals surface area contributed by atoms with E-state index in [-0.39, 0.29) is 29.6 Å². The molecular weight excluding hydrogens is 440 g/mol. The highest BCUT2D eigenvalue weighted by atomic mass is 32.2. The predicted octanol–water partition coefficient (Wildman–Crippen LogP) is 4.01. The zero-order valence-corrected chi connectivity index (χ0v) is 18.3. The van der Waals surface area contributed by atoms with Crippen molar-refractivity contribution < 1.29 is 23.4 Å². The van der Waals surface area contributed by atoms with E-state index < -0.39 is 0 Å². The Bertz CT molecular complexity index is 1180. The first kappa shape index (κ1) is 20.9. The van der Waals surface area contributed by atoms with Crippen LogP contribution in [0.1, 0.15) is 5.56 Å². The smallest absolute Gasteiger partial charge is 0.415 e. The monoisotopic (exact) mass is 458 g/mol. The minimum absolute atomic E-state index is 0.0406. The van der Waals surface area contributed by atoms with Gasteiger partial charge in [0, 0.05) is 0 Å². The second kappa shape index (κ2) is 9.67. The molecule has 31 heavy (non-hydrogen) atoms. The van der Waals surface area contributed by atoms with Gasteiger partial charge >= 0.3 is 6.08 Å². The van der Waals surface area contributed by atoms with E-state index in [2.05, 4.69) is 20.5 Å². The van der Waals surface area contributed by atoms with Crippen LogP contribution < -0.4 is 19.5 Å². The van der Waals surface area contributed by atoms with Crippen molar-refractivity contribution in [2.24, 2.45) is 0 Å². The molecule has 2 heterocycles. The van der Waals surface area contributed by atoms with Crippen molar-refractivity contribution in [3.8, 4) is 17.6 Å². The maximum Gasteiger partial charge on any atom is 0.415 e. The summed E-state index contributed by atoms with van der Waals surface area (Å²) in [6.07, 6.45) is 0.0406. The minimum atomic E-state index is -0.227. The highest BCUT2D eigenvalue weighted by Crippen LogP contribution is 2.29. The van der Waals surface area contributed by atoms with Crippen LogP contribution in [0.4, 0.5) is 5.13 Å². The van der Waals surface area contributed by atoms with Gasteiger partial charge < -0.3 is 23.9 Å². The first-order valence-electron chi connectivity index (χ1n) is 9.09. The second-order valence-electron chi connectivity index (χ2n) is 6.16. The Balaban J connectivity index is 1.26. The molecule has 0 fully saturated rings. The molecule has 1 N–H and O–H groups in total. The Morgan fingerprint density at radius 1 is 1.10 bits per heavy atom. The van der Waals surface area contributed by atoms with Crippen molar-refractivity contribution in [1.29, 1.82) is 0 Å². The number of ether oxygens (including phenoxy) is 3.